The third-order valence-electron chi connectivity index (χ3n) is 3.71. The number of thiazole rings is 1. The van der Waals surface area contributed by atoms with E-state index in [1.807, 2.05) is 24.5 Å². The van der Waals surface area contributed by atoms with Crippen LogP contribution in [0.25, 0.3) is 11.6 Å². The average molecular weight is 313 g/mol. The van der Waals surface area contributed by atoms with Crippen molar-refractivity contribution in [3.05, 3.63) is 46.9 Å². The Kier molecular flexibility index (Phi) is 3.36. The monoisotopic (exact) mass is 313 g/mol. The molecule has 22 heavy (non-hydrogen) atoms. The molecule has 3 aromatic heterocycles. The lowest BCUT2D eigenvalue weighted by molar-refractivity contribution is 0.245. The molecule has 112 valence electrons. The Morgan fingerprint density at radius 2 is 2.27 bits per heavy atom. The van der Waals surface area contributed by atoms with Crippen LogP contribution in [-0.2, 0) is 19.5 Å². The third kappa shape index (κ3) is 2.60. The van der Waals surface area contributed by atoms with Crippen molar-refractivity contribution < 1.29 is 4.42 Å². The number of nitrogens with zero attached hydrogens (tertiary/aromatic N) is 4. The summed E-state index contributed by atoms with van der Waals surface area (Å²) in [4.78, 5) is 16.7. The largest absolute Gasteiger partial charge is 0.461 e. The SMILES string of the molecule is Nc1ncc(CN2CCc3nc(-c4ccco4)ncc3C2)s1. The van der Waals surface area contributed by atoms with Crippen LogP contribution >= 0.6 is 11.3 Å². The van der Waals surface area contributed by atoms with Gasteiger partial charge < -0.3 is 10.2 Å². The van der Waals surface area contributed by atoms with E-state index in [1.54, 1.807) is 17.6 Å². The van der Waals surface area contributed by atoms with Crippen molar-refractivity contribution in [3.63, 3.8) is 0 Å². The minimum absolute atomic E-state index is 0.624. The lowest BCUT2D eigenvalue weighted by Crippen LogP contribution is -2.30. The van der Waals surface area contributed by atoms with E-state index in [1.165, 1.54) is 10.4 Å². The van der Waals surface area contributed by atoms with Gasteiger partial charge >= 0.3 is 0 Å². The molecule has 7 heteroatoms. The predicted molar refractivity (Wildman–Crippen MR) is 84.1 cm³/mol. The molecule has 0 saturated carbocycles. The normalized spacial score (nSPS) is 14.9. The van der Waals surface area contributed by atoms with Gasteiger partial charge in [-0.3, -0.25) is 4.90 Å². The molecule has 0 spiro atoms. The van der Waals surface area contributed by atoms with Gasteiger partial charge in [0.15, 0.2) is 16.7 Å². The van der Waals surface area contributed by atoms with Crippen LogP contribution in [0.15, 0.2) is 35.2 Å². The first kappa shape index (κ1) is 13.4. The standard InChI is InChI=1S/C15H15N5OS/c16-15-18-7-11(22-15)9-20-4-3-12-10(8-20)6-17-14(19-12)13-2-1-5-21-13/h1-2,5-7H,3-4,8-9H2,(H2,16,18). The van der Waals surface area contributed by atoms with Crippen LogP contribution in [0.5, 0.6) is 0 Å². The number of rotatable bonds is 3. The molecule has 0 amide bonds. The summed E-state index contributed by atoms with van der Waals surface area (Å²) >= 11 is 1.54. The quantitative estimate of drug-likeness (QED) is 0.799. The van der Waals surface area contributed by atoms with Crippen LogP contribution in [0.1, 0.15) is 16.1 Å². The molecule has 3 aromatic rings. The second-order valence-electron chi connectivity index (χ2n) is 5.27. The fraction of sp³-hybridized carbons (Fsp3) is 0.267. The highest BCUT2D eigenvalue weighted by Gasteiger charge is 2.20. The van der Waals surface area contributed by atoms with E-state index < -0.39 is 0 Å². The van der Waals surface area contributed by atoms with Gasteiger partial charge in [0.1, 0.15) is 0 Å². The van der Waals surface area contributed by atoms with Gasteiger partial charge in [-0.2, -0.15) is 0 Å². The lowest BCUT2D eigenvalue weighted by Gasteiger charge is -2.27. The van der Waals surface area contributed by atoms with E-state index in [0.717, 1.165) is 31.7 Å². The summed E-state index contributed by atoms with van der Waals surface area (Å²) in [7, 11) is 0. The first-order valence-corrected chi connectivity index (χ1v) is 7.91. The van der Waals surface area contributed by atoms with Gasteiger partial charge in [-0.25, -0.2) is 15.0 Å². The van der Waals surface area contributed by atoms with Crippen molar-refractivity contribution >= 4 is 16.5 Å². The number of nitrogen functional groups attached to an aromatic ring is 1. The topological polar surface area (TPSA) is 81.1 Å². The molecule has 1 aliphatic rings. The molecule has 0 bridgehead atoms. The molecule has 4 rings (SSSR count). The van der Waals surface area contributed by atoms with Crippen molar-refractivity contribution in [2.75, 3.05) is 12.3 Å². The molecular formula is C15H15N5OS. The van der Waals surface area contributed by atoms with E-state index in [9.17, 15) is 0 Å². The Morgan fingerprint density at radius 1 is 1.32 bits per heavy atom. The summed E-state index contributed by atoms with van der Waals surface area (Å²) in [5.74, 6) is 1.37. The fourth-order valence-electron chi connectivity index (χ4n) is 2.65. The molecular weight excluding hydrogens is 298 g/mol. The molecule has 2 N–H and O–H groups in total. The van der Waals surface area contributed by atoms with Gasteiger partial charge in [0.05, 0.1) is 12.0 Å². The van der Waals surface area contributed by atoms with E-state index in [4.69, 9.17) is 10.2 Å². The number of aromatic nitrogens is 3. The van der Waals surface area contributed by atoms with E-state index in [2.05, 4.69) is 19.9 Å². The van der Waals surface area contributed by atoms with Gasteiger partial charge in [-0.15, -0.1) is 11.3 Å². The number of hydrogen-bond donors (Lipinski definition) is 1. The maximum atomic E-state index is 5.68. The summed E-state index contributed by atoms with van der Waals surface area (Å²) in [6.45, 7) is 2.69. The van der Waals surface area contributed by atoms with E-state index in [-0.39, 0.29) is 0 Å². The Labute approximate surface area is 131 Å². The van der Waals surface area contributed by atoms with Crippen LogP contribution in [0, 0.1) is 0 Å². The number of anilines is 1. The highest BCUT2D eigenvalue weighted by molar-refractivity contribution is 7.15. The number of fused-ring (bicyclic) bond motifs is 1. The molecule has 1 aliphatic heterocycles. The Balaban J connectivity index is 1.52. The maximum absolute atomic E-state index is 5.68. The molecule has 0 radical (unpaired) electrons. The van der Waals surface area contributed by atoms with Gasteiger partial charge in [-0.1, -0.05) is 0 Å². The highest BCUT2D eigenvalue weighted by Crippen LogP contribution is 2.24. The average Bonchev–Trinajstić information content (AvgIpc) is 3.19. The van der Waals surface area contributed by atoms with Crippen molar-refractivity contribution in [2.24, 2.45) is 0 Å². The van der Waals surface area contributed by atoms with E-state index in [0.29, 0.717) is 16.7 Å². The Hall–Kier alpha value is -2.25. The molecule has 0 unspecified atom stereocenters. The van der Waals surface area contributed by atoms with Crippen molar-refractivity contribution in [1.29, 1.82) is 0 Å². The zero-order valence-electron chi connectivity index (χ0n) is 11.9. The molecule has 0 atom stereocenters. The molecule has 0 aliphatic carbocycles. The summed E-state index contributed by atoms with van der Waals surface area (Å²) in [6, 6.07) is 3.73. The molecule has 4 heterocycles. The highest BCUT2D eigenvalue weighted by atomic mass is 32.1. The first-order valence-electron chi connectivity index (χ1n) is 7.09. The minimum atomic E-state index is 0.624. The first-order chi connectivity index (χ1) is 10.8. The molecule has 0 aromatic carbocycles. The van der Waals surface area contributed by atoms with Crippen LogP contribution in [0.4, 0.5) is 5.13 Å². The van der Waals surface area contributed by atoms with Gasteiger partial charge in [0.25, 0.3) is 0 Å². The second-order valence-corrected chi connectivity index (χ2v) is 6.42. The van der Waals surface area contributed by atoms with E-state index >= 15 is 0 Å². The van der Waals surface area contributed by atoms with Crippen molar-refractivity contribution in [3.8, 4) is 11.6 Å². The number of furan rings is 1. The summed E-state index contributed by atoms with van der Waals surface area (Å²) < 4.78 is 5.36. The van der Waals surface area contributed by atoms with Gasteiger partial charge in [0.2, 0.25) is 0 Å². The summed E-state index contributed by atoms with van der Waals surface area (Å²) in [6.07, 6.45) is 6.32. The van der Waals surface area contributed by atoms with Crippen molar-refractivity contribution in [2.45, 2.75) is 19.5 Å². The third-order valence-corrected chi connectivity index (χ3v) is 4.52. The van der Waals surface area contributed by atoms with Crippen molar-refractivity contribution in [1.82, 2.24) is 19.9 Å². The predicted octanol–water partition coefficient (Wildman–Crippen LogP) is 2.33. The van der Waals surface area contributed by atoms with Crippen LogP contribution < -0.4 is 5.73 Å². The smallest absolute Gasteiger partial charge is 0.195 e. The zero-order valence-corrected chi connectivity index (χ0v) is 12.7. The Bertz CT molecular complexity index is 783. The van der Waals surface area contributed by atoms with Crippen LogP contribution in [0.2, 0.25) is 0 Å². The second kappa shape index (κ2) is 5.51. The number of nitrogens with two attached hydrogens (primary N) is 1. The summed E-state index contributed by atoms with van der Waals surface area (Å²) in [5, 5.41) is 0.624. The minimum Gasteiger partial charge on any atom is -0.461 e. The molecule has 0 fully saturated rings. The molecule has 6 nitrogen and oxygen atoms in total. The Morgan fingerprint density at radius 3 is 3.05 bits per heavy atom. The zero-order chi connectivity index (χ0) is 14.9. The lowest BCUT2D eigenvalue weighted by atomic mass is 10.1. The maximum Gasteiger partial charge on any atom is 0.195 e. The summed E-state index contributed by atoms with van der Waals surface area (Å²) in [5.41, 5.74) is 7.98. The fourth-order valence-corrected chi connectivity index (χ4v) is 3.38. The van der Waals surface area contributed by atoms with Crippen LogP contribution in [0.3, 0.4) is 0 Å². The molecule has 0 saturated heterocycles. The van der Waals surface area contributed by atoms with Gasteiger partial charge in [0, 0.05) is 48.9 Å². The van der Waals surface area contributed by atoms with Gasteiger partial charge in [-0.05, 0) is 12.1 Å². The number of hydrogen-bond acceptors (Lipinski definition) is 7. The van der Waals surface area contributed by atoms with Crippen LogP contribution in [-0.4, -0.2) is 26.4 Å².